The van der Waals surface area contributed by atoms with Crippen LogP contribution in [-0.4, -0.2) is 16.9 Å². The third kappa shape index (κ3) is 5.22. The Bertz CT molecular complexity index is 408. The molecule has 3 N–H and O–H groups in total. The second kappa shape index (κ2) is 8.43. The number of carboxylic acids is 1. The number of unbranched alkanes of at least 4 members (excludes halogenated alkanes) is 5. The van der Waals surface area contributed by atoms with Gasteiger partial charge in [0.1, 0.15) is 12.4 Å². The number of rotatable bonds is 9. The molecule has 0 spiro atoms. The molecule has 0 aromatic heterocycles. The molecule has 0 radical (unpaired) electrons. The summed E-state index contributed by atoms with van der Waals surface area (Å²) in [5.41, 5.74) is 0.495. The van der Waals surface area contributed by atoms with E-state index in [-0.39, 0.29) is 11.4 Å². The molecule has 0 amide bonds. The van der Waals surface area contributed by atoms with Gasteiger partial charge >= 0.3 is 5.97 Å². The predicted molar refractivity (Wildman–Crippen MR) is 73.3 cm³/mol. The number of carboxylic acid groups (broad SMARTS) is 1. The second-order valence-electron chi connectivity index (χ2n) is 4.69. The van der Waals surface area contributed by atoms with Crippen molar-refractivity contribution in [3.05, 3.63) is 36.2 Å². The van der Waals surface area contributed by atoms with Gasteiger partial charge in [0.05, 0.1) is 5.57 Å². The van der Waals surface area contributed by atoms with Crippen LogP contribution in [-0.2, 0) is 9.59 Å². The van der Waals surface area contributed by atoms with Crippen LogP contribution in [0.2, 0.25) is 0 Å². The van der Waals surface area contributed by atoms with Crippen LogP contribution in [0.1, 0.15) is 44.9 Å². The second-order valence-corrected chi connectivity index (χ2v) is 4.69. The molecule has 1 heterocycles. The summed E-state index contributed by atoms with van der Waals surface area (Å²) < 4.78 is 0. The van der Waals surface area contributed by atoms with Crippen molar-refractivity contribution < 1.29 is 20.0 Å². The van der Waals surface area contributed by atoms with Crippen LogP contribution in [0.5, 0.6) is 0 Å². The van der Waals surface area contributed by atoms with Gasteiger partial charge in [0, 0.05) is 0 Å². The third-order valence-electron chi connectivity index (χ3n) is 3.18. The lowest BCUT2D eigenvalue weighted by Gasteiger charge is -2.08. The molecular formula is C15H22NO3+. The Morgan fingerprint density at radius 2 is 1.89 bits per heavy atom. The Morgan fingerprint density at radius 1 is 1.21 bits per heavy atom. The first-order valence-electron chi connectivity index (χ1n) is 6.80. The van der Waals surface area contributed by atoms with Crippen LogP contribution >= 0.6 is 0 Å². The van der Waals surface area contributed by atoms with E-state index in [4.69, 9.17) is 5.11 Å². The molecule has 0 aromatic rings. The highest BCUT2D eigenvalue weighted by molar-refractivity contribution is 6.23. The quantitative estimate of drug-likeness (QED) is 0.379. The molecule has 0 bridgehead atoms. The van der Waals surface area contributed by atoms with Crippen LogP contribution in [0.25, 0.3) is 0 Å². The maximum absolute atomic E-state index is 11.8. The molecule has 4 nitrogen and oxygen atoms in total. The smallest absolute Gasteiger partial charge is 0.345 e. The van der Waals surface area contributed by atoms with Crippen molar-refractivity contribution in [2.45, 2.75) is 44.9 Å². The highest BCUT2D eigenvalue weighted by Gasteiger charge is 2.26. The summed E-state index contributed by atoms with van der Waals surface area (Å²) in [4.78, 5) is 22.7. The van der Waals surface area contributed by atoms with Crippen molar-refractivity contribution in [3.63, 3.8) is 0 Å². The number of carbonyl (C=O) groups is 2. The maximum atomic E-state index is 11.8. The van der Waals surface area contributed by atoms with Gasteiger partial charge in [0.15, 0.2) is 5.57 Å². The van der Waals surface area contributed by atoms with Crippen molar-refractivity contribution in [1.82, 2.24) is 0 Å². The van der Waals surface area contributed by atoms with Crippen molar-refractivity contribution in [1.29, 1.82) is 0 Å². The summed E-state index contributed by atoms with van der Waals surface area (Å²) >= 11 is 0. The van der Waals surface area contributed by atoms with Gasteiger partial charge in [-0.3, -0.25) is 10.1 Å². The molecule has 0 aromatic carbocycles. The van der Waals surface area contributed by atoms with E-state index in [1.54, 1.807) is 11.5 Å². The van der Waals surface area contributed by atoms with Crippen LogP contribution in [0.3, 0.4) is 0 Å². The topological polar surface area (TPSA) is 71.0 Å². The number of ketones is 1. The first kappa shape index (κ1) is 15.4. The minimum atomic E-state index is -1.14. The highest BCUT2D eigenvalue weighted by atomic mass is 16.4. The summed E-state index contributed by atoms with van der Waals surface area (Å²) in [5, 5.41) is 10.5. The molecule has 19 heavy (non-hydrogen) atoms. The van der Waals surface area contributed by atoms with Crippen LogP contribution in [0, 0.1) is 0 Å². The number of carbonyl (C=O) groups excluding carboxylic acids is 1. The van der Waals surface area contributed by atoms with Crippen LogP contribution in [0.15, 0.2) is 36.2 Å². The van der Waals surface area contributed by atoms with Gasteiger partial charge in [-0.05, 0) is 25.7 Å². The Hall–Kier alpha value is -1.68. The van der Waals surface area contributed by atoms with E-state index >= 15 is 0 Å². The zero-order chi connectivity index (χ0) is 14.1. The molecule has 0 unspecified atom stereocenters. The number of allylic oxidation sites excluding steroid dienone is 2. The lowest BCUT2D eigenvalue weighted by atomic mass is 9.97. The molecule has 1 rings (SSSR count). The monoisotopic (exact) mass is 264 g/mol. The zero-order valence-corrected chi connectivity index (χ0v) is 11.2. The van der Waals surface area contributed by atoms with Gasteiger partial charge in [0.25, 0.3) is 0 Å². The van der Waals surface area contributed by atoms with E-state index in [0.717, 1.165) is 25.7 Å². The number of aliphatic carboxylic acids is 1. The van der Waals surface area contributed by atoms with E-state index in [0.29, 0.717) is 12.0 Å². The molecular weight excluding hydrogens is 242 g/mol. The minimum absolute atomic E-state index is 0.122. The largest absolute Gasteiger partial charge is 0.477 e. The summed E-state index contributed by atoms with van der Waals surface area (Å²) in [6.07, 6.45) is 12.3. The van der Waals surface area contributed by atoms with Gasteiger partial charge < -0.3 is 5.11 Å². The summed E-state index contributed by atoms with van der Waals surface area (Å²) in [5.74, 6) is -1.47. The van der Waals surface area contributed by atoms with Crippen LogP contribution in [0.4, 0.5) is 0 Å². The fraction of sp³-hybridized carbons (Fsp3) is 0.467. The molecule has 1 aliphatic heterocycles. The fourth-order valence-electron chi connectivity index (χ4n) is 2.08. The first-order chi connectivity index (χ1) is 9.16. The Balaban J connectivity index is 2.23. The van der Waals surface area contributed by atoms with Crippen molar-refractivity contribution >= 4 is 11.8 Å². The van der Waals surface area contributed by atoms with Gasteiger partial charge in [-0.15, -0.1) is 6.58 Å². The average molecular weight is 264 g/mol. The summed E-state index contributed by atoms with van der Waals surface area (Å²) in [6, 6.07) is 0. The predicted octanol–water partition coefficient (Wildman–Crippen LogP) is 1.90. The Labute approximate surface area is 113 Å². The standard InChI is InChI=1S/C15H21NO3/c1-2-3-4-5-6-7-8-9-12-10-16-11-13(14(12)17)15(18)19/h2,10-11H,1,3-9H2,(H,16,17)(H,18,19)/p+1. The van der Waals surface area contributed by atoms with Gasteiger partial charge in [-0.25, -0.2) is 4.79 Å². The van der Waals surface area contributed by atoms with E-state index in [2.05, 4.69) is 6.58 Å². The van der Waals surface area contributed by atoms with Crippen molar-refractivity contribution in [2.24, 2.45) is 0 Å². The summed E-state index contributed by atoms with van der Waals surface area (Å²) in [6.45, 7) is 3.68. The molecule has 0 aliphatic carbocycles. The number of nitrogens with two attached hydrogens (primary N) is 1. The van der Waals surface area contributed by atoms with Crippen molar-refractivity contribution in [2.75, 3.05) is 0 Å². The third-order valence-corrected chi connectivity index (χ3v) is 3.18. The molecule has 4 heteroatoms. The first-order valence-corrected chi connectivity index (χ1v) is 6.80. The molecule has 1 aliphatic rings. The molecule has 0 saturated carbocycles. The molecule has 104 valence electrons. The molecule has 0 saturated heterocycles. The van der Waals surface area contributed by atoms with E-state index in [1.807, 2.05) is 6.08 Å². The van der Waals surface area contributed by atoms with E-state index in [1.165, 1.54) is 19.0 Å². The lowest BCUT2D eigenvalue weighted by Crippen LogP contribution is -2.73. The maximum Gasteiger partial charge on any atom is 0.345 e. The number of Topliss-reactive ketones (excluding diaryl/α,β-unsaturated/α-hetero) is 1. The lowest BCUT2D eigenvalue weighted by molar-refractivity contribution is -0.516. The zero-order valence-electron chi connectivity index (χ0n) is 11.2. The Kier molecular flexibility index (Phi) is 6.82. The number of hydrogen-bond donors (Lipinski definition) is 2. The van der Waals surface area contributed by atoms with E-state index in [9.17, 15) is 9.59 Å². The number of quaternary nitrogens is 1. The SMILES string of the molecule is C=CCCCCCCCC1=C[NH2+]C=C(C(=O)O)C1=O. The van der Waals surface area contributed by atoms with Crippen molar-refractivity contribution in [3.8, 4) is 0 Å². The van der Waals surface area contributed by atoms with Gasteiger partial charge in [-0.2, -0.15) is 0 Å². The van der Waals surface area contributed by atoms with Crippen LogP contribution < -0.4 is 5.32 Å². The molecule has 0 atom stereocenters. The normalized spacial score (nSPS) is 14.8. The number of hydrogen-bond acceptors (Lipinski definition) is 2. The van der Waals surface area contributed by atoms with Gasteiger partial charge in [0.2, 0.25) is 5.78 Å². The average Bonchev–Trinajstić information content (AvgIpc) is 2.39. The molecule has 0 fully saturated rings. The fourth-order valence-corrected chi connectivity index (χ4v) is 2.08. The minimum Gasteiger partial charge on any atom is -0.477 e. The Morgan fingerprint density at radius 3 is 2.58 bits per heavy atom. The van der Waals surface area contributed by atoms with E-state index < -0.39 is 5.97 Å². The highest BCUT2D eigenvalue weighted by Crippen LogP contribution is 2.16. The summed E-state index contributed by atoms with van der Waals surface area (Å²) in [7, 11) is 0. The van der Waals surface area contributed by atoms with Gasteiger partial charge in [-0.1, -0.05) is 25.3 Å².